The number of likely N-dealkylation sites (tertiary alicyclic amines) is 1. The smallest absolute Gasteiger partial charge is 0.239 e. The number of carbonyl (C=O) groups is 1. The number of nitrogens with one attached hydrogen (secondary N) is 1. The molecule has 2 fully saturated rings. The van der Waals surface area contributed by atoms with Crippen LogP contribution in [-0.2, 0) is 9.53 Å². The van der Waals surface area contributed by atoms with Gasteiger partial charge >= 0.3 is 0 Å². The van der Waals surface area contributed by atoms with Crippen molar-refractivity contribution in [2.75, 3.05) is 26.7 Å². The Morgan fingerprint density at radius 3 is 2.75 bits per heavy atom. The molecule has 1 aliphatic heterocycles. The monoisotopic (exact) mass is 226 g/mol. The van der Waals surface area contributed by atoms with E-state index < -0.39 is 0 Å². The van der Waals surface area contributed by atoms with E-state index in [1.165, 1.54) is 25.7 Å². The third-order valence-electron chi connectivity index (χ3n) is 3.58. The maximum absolute atomic E-state index is 11.6. The molecule has 0 bridgehead atoms. The summed E-state index contributed by atoms with van der Waals surface area (Å²) in [5.74, 6) is 0.223. The molecule has 4 nitrogen and oxygen atoms in total. The van der Waals surface area contributed by atoms with Gasteiger partial charge in [-0.25, -0.2) is 0 Å². The van der Waals surface area contributed by atoms with E-state index in [0.29, 0.717) is 6.10 Å². The van der Waals surface area contributed by atoms with Gasteiger partial charge in [0.2, 0.25) is 5.91 Å². The maximum atomic E-state index is 11.6. The van der Waals surface area contributed by atoms with Crippen LogP contribution in [0.2, 0.25) is 0 Å². The van der Waals surface area contributed by atoms with E-state index in [-0.39, 0.29) is 11.9 Å². The van der Waals surface area contributed by atoms with E-state index >= 15 is 0 Å². The van der Waals surface area contributed by atoms with Gasteiger partial charge < -0.3 is 15.0 Å². The Morgan fingerprint density at radius 2 is 2.12 bits per heavy atom. The van der Waals surface area contributed by atoms with Gasteiger partial charge in [-0.05, 0) is 19.3 Å². The molecule has 2 rings (SSSR count). The predicted octanol–water partition coefficient (Wildman–Crippen LogP) is 0.766. The zero-order chi connectivity index (χ0) is 11.4. The molecule has 0 aromatic rings. The van der Waals surface area contributed by atoms with Crippen LogP contribution in [0.4, 0.5) is 0 Å². The van der Waals surface area contributed by atoms with Gasteiger partial charge in [0.1, 0.15) is 0 Å². The van der Waals surface area contributed by atoms with E-state index in [2.05, 4.69) is 5.32 Å². The Bertz CT molecular complexity index is 239. The predicted molar refractivity (Wildman–Crippen MR) is 62.3 cm³/mol. The maximum Gasteiger partial charge on any atom is 0.239 e. The molecule has 1 atom stereocenters. The highest BCUT2D eigenvalue weighted by Gasteiger charge is 2.28. The summed E-state index contributed by atoms with van der Waals surface area (Å²) in [6, 6.07) is 0.0252. The molecule has 0 aromatic heterocycles. The van der Waals surface area contributed by atoms with Crippen LogP contribution >= 0.6 is 0 Å². The third-order valence-corrected chi connectivity index (χ3v) is 3.58. The van der Waals surface area contributed by atoms with Crippen molar-refractivity contribution in [3.63, 3.8) is 0 Å². The quantitative estimate of drug-likeness (QED) is 0.704. The Morgan fingerprint density at radius 1 is 1.38 bits per heavy atom. The minimum atomic E-state index is 0.0252. The molecule has 1 amide bonds. The summed E-state index contributed by atoms with van der Waals surface area (Å²) in [7, 11) is 1.86. The summed E-state index contributed by atoms with van der Waals surface area (Å²) in [4.78, 5) is 13.4. The van der Waals surface area contributed by atoms with Crippen molar-refractivity contribution in [2.24, 2.45) is 0 Å². The normalized spacial score (nSPS) is 26.9. The summed E-state index contributed by atoms with van der Waals surface area (Å²) in [6.07, 6.45) is 6.45. The number of hydrogen-bond acceptors (Lipinski definition) is 3. The van der Waals surface area contributed by atoms with Gasteiger partial charge in [0.25, 0.3) is 0 Å². The van der Waals surface area contributed by atoms with E-state index in [1.807, 2.05) is 7.05 Å². The first-order valence-corrected chi connectivity index (χ1v) is 6.37. The summed E-state index contributed by atoms with van der Waals surface area (Å²) >= 11 is 0. The SMILES string of the molecule is CN1CCC(NCCOC2CCCC2)C1=O. The third kappa shape index (κ3) is 2.95. The van der Waals surface area contributed by atoms with Crippen LogP contribution in [0.25, 0.3) is 0 Å². The molecule has 2 aliphatic rings. The second-order valence-electron chi connectivity index (χ2n) is 4.83. The zero-order valence-corrected chi connectivity index (χ0v) is 10.1. The highest BCUT2D eigenvalue weighted by atomic mass is 16.5. The fourth-order valence-corrected chi connectivity index (χ4v) is 2.53. The van der Waals surface area contributed by atoms with Gasteiger partial charge in [0, 0.05) is 20.1 Å². The molecular weight excluding hydrogens is 204 g/mol. The fourth-order valence-electron chi connectivity index (χ4n) is 2.53. The molecule has 16 heavy (non-hydrogen) atoms. The van der Waals surface area contributed by atoms with Crippen LogP contribution in [0.15, 0.2) is 0 Å². The van der Waals surface area contributed by atoms with Gasteiger partial charge in [-0.1, -0.05) is 12.8 Å². The van der Waals surface area contributed by atoms with Crippen molar-refractivity contribution < 1.29 is 9.53 Å². The lowest BCUT2D eigenvalue weighted by atomic mass is 10.2. The lowest BCUT2D eigenvalue weighted by Crippen LogP contribution is -2.38. The Kier molecular flexibility index (Phi) is 4.18. The number of rotatable bonds is 5. The molecule has 1 unspecified atom stereocenters. The highest BCUT2D eigenvalue weighted by molar-refractivity contribution is 5.83. The van der Waals surface area contributed by atoms with Gasteiger partial charge in [0.15, 0.2) is 0 Å². The highest BCUT2D eigenvalue weighted by Crippen LogP contribution is 2.20. The molecule has 1 aliphatic carbocycles. The van der Waals surface area contributed by atoms with Crippen molar-refractivity contribution >= 4 is 5.91 Å². The van der Waals surface area contributed by atoms with Crippen LogP contribution in [0.1, 0.15) is 32.1 Å². The molecule has 1 saturated heterocycles. The average Bonchev–Trinajstić information content (AvgIpc) is 2.88. The Balaban J connectivity index is 1.56. The zero-order valence-electron chi connectivity index (χ0n) is 10.1. The van der Waals surface area contributed by atoms with Gasteiger partial charge in [0.05, 0.1) is 18.8 Å². The fraction of sp³-hybridized carbons (Fsp3) is 0.917. The molecule has 1 saturated carbocycles. The standard InChI is InChI=1S/C12H22N2O2/c1-14-8-6-11(12(14)15)13-7-9-16-10-4-2-3-5-10/h10-11,13H,2-9H2,1H3. The lowest BCUT2D eigenvalue weighted by molar-refractivity contribution is -0.128. The van der Waals surface area contributed by atoms with Gasteiger partial charge in [-0.15, -0.1) is 0 Å². The first-order chi connectivity index (χ1) is 7.77. The second-order valence-corrected chi connectivity index (χ2v) is 4.83. The summed E-state index contributed by atoms with van der Waals surface area (Å²) in [5, 5.41) is 3.27. The van der Waals surface area contributed by atoms with E-state index in [0.717, 1.165) is 26.1 Å². The van der Waals surface area contributed by atoms with E-state index in [4.69, 9.17) is 4.74 Å². The van der Waals surface area contributed by atoms with Crippen molar-refractivity contribution in [1.82, 2.24) is 10.2 Å². The minimum absolute atomic E-state index is 0.0252. The first kappa shape index (κ1) is 11.9. The lowest BCUT2D eigenvalue weighted by Gasteiger charge is -2.14. The summed E-state index contributed by atoms with van der Waals surface area (Å²) in [6.45, 7) is 2.40. The largest absolute Gasteiger partial charge is 0.377 e. The van der Waals surface area contributed by atoms with E-state index in [9.17, 15) is 4.79 Å². The number of amides is 1. The van der Waals surface area contributed by atoms with E-state index in [1.54, 1.807) is 4.90 Å². The summed E-state index contributed by atoms with van der Waals surface area (Å²) in [5.41, 5.74) is 0. The van der Waals surface area contributed by atoms with Crippen LogP contribution in [0.3, 0.4) is 0 Å². The minimum Gasteiger partial charge on any atom is -0.377 e. The van der Waals surface area contributed by atoms with Crippen LogP contribution in [-0.4, -0.2) is 49.7 Å². The van der Waals surface area contributed by atoms with Crippen molar-refractivity contribution in [3.8, 4) is 0 Å². The number of hydrogen-bond donors (Lipinski definition) is 1. The molecule has 0 spiro atoms. The number of likely N-dealkylation sites (N-methyl/N-ethyl adjacent to an activating group) is 1. The van der Waals surface area contributed by atoms with Crippen LogP contribution in [0.5, 0.6) is 0 Å². The Labute approximate surface area is 97.3 Å². The van der Waals surface area contributed by atoms with Crippen molar-refractivity contribution in [2.45, 2.75) is 44.2 Å². The molecule has 4 heteroatoms. The number of ether oxygens (including phenoxy) is 1. The number of nitrogens with zero attached hydrogens (tertiary/aromatic N) is 1. The molecule has 92 valence electrons. The van der Waals surface area contributed by atoms with Crippen LogP contribution in [0, 0.1) is 0 Å². The van der Waals surface area contributed by atoms with Crippen molar-refractivity contribution in [3.05, 3.63) is 0 Å². The molecule has 0 radical (unpaired) electrons. The molecule has 1 N–H and O–H groups in total. The molecule has 0 aromatic carbocycles. The van der Waals surface area contributed by atoms with Gasteiger partial charge in [-0.3, -0.25) is 4.79 Å². The molecule has 1 heterocycles. The van der Waals surface area contributed by atoms with Crippen LogP contribution < -0.4 is 5.32 Å². The van der Waals surface area contributed by atoms with Gasteiger partial charge in [-0.2, -0.15) is 0 Å². The molecular formula is C12H22N2O2. The summed E-state index contributed by atoms with van der Waals surface area (Å²) < 4.78 is 5.74. The average molecular weight is 226 g/mol. The number of carbonyl (C=O) groups excluding carboxylic acids is 1. The topological polar surface area (TPSA) is 41.6 Å². The first-order valence-electron chi connectivity index (χ1n) is 6.37. The Hall–Kier alpha value is -0.610. The second kappa shape index (κ2) is 5.64. The van der Waals surface area contributed by atoms with Crippen molar-refractivity contribution in [1.29, 1.82) is 0 Å².